The Hall–Kier alpha value is -2.09. The Balaban J connectivity index is 2.32. The van der Waals surface area contributed by atoms with Gasteiger partial charge in [0, 0.05) is 24.2 Å². The van der Waals surface area contributed by atoms with E-state index in [0.29, 0.717) is 0 Å². The second-order valence-electron chi connectivity index (χ2n) is 5.67. The van der Waals surface area contributed by atoms with Crippen molar-refractivity contribution >= 4 is 11.6 Å². The summed E-state index contributed by atoms with van der Waals surface area (Å²) < 4.78 is 0. The van der Waals surface area contributed by atoms with Crippen LogP contribution in [0.25, 0.3) is 0 Å². The first kappa shape index (κ1) is 12.9. The first-order valence-electron chi connectivity index (χ1n) is 6.99. The third-order valence-electron chi connectivity index (χ3n) is 4.43. The molecule has 0 radical (unpaired) electrons. The van der Waals surface area contributed by atoms with E-state index in [1.807, 2.05) is 25.2 Å². The molecule has 0 spiro atoms. The molecule has 0 saturated heterocycles. The molecule has 2 heteroatoms. The molecular weight excluding hydrogens is 246 g/mol. The minimum absolute atomic E-state index is 0.0782. The van der Waals surface area contributed by atoms with Crippen molar-refractivity contribution in [1.29, 1.82) is 0 Å². The number of rotatable bonds is 0. The lowest BCUT2D eigenvalue weighted by Gasteiger charge is -2.21. The summed E-state index contributed by atoms with van der Waals surface area (Å²) in [6.07, 6.45) is 0. The Morgan fingerprint density at radius 3 is 2.40 bits per heavy atom. The minimum Gasteiger partial charge on any atom is -0.311 e. The van der Waals surface area contributed by atoms with Crippen LogP contribution in [-0.2, 0) is 0 Å². The van der Waals surface area contributed by atoms with E-state index in [1.54, 1.807) is 4.90 Å². The van der Waals surface area contributed by atoms with Gasteiger partial charge in [-0.1, -0.05) is 31.2 Å². The van der Waals surface area contributed by atoms with Crippen molar-refractivity contribution in [3.05, 3.63) is 64.2 Å². The lowest BCUT2D eigenvalue weighted by molar-refractivity contribution is 0.0993. The molecule has 2 aromatic rings. The number of hydrogen-bond donors (Lipinski definition) is 0. The molecular formula is C18H19NO. The first-order valence-corrected chi connectivity index (χ1v) is 6.99. The van der Waals surface area contributed by atoms with Gasteiger partial charge < -0.3 is 4.90 Å². The second kappa shape index (κ2) is 4.48. The van der Waals surface area contributed by atoms with Crippen molar-refractivity contribution in [2.24, 2.45) is 0 Å². The van der Waals surface area contributed by atoms with Crippen LogP contribution in [0.4, 0.5) is 5.69 Å². The topological polar surface area (TPSA) is 20.3 Å². The quantitative estimate of drug-likeness (QED) is 0.704. The van der Waals surface area contributed by atoms with E-state index in [-0.39, 0.29) is 11.8 Å². The van der Waals surface area contributed by atoms with Gasteiger partial charge in [0.2, 0.25) is 0 Å². The molecule has 0 N–H and O–H groups in total. The minimum atomic E-state index is 0.0782. The van der Waals surface area contributed by atoms with Crippen molar-refractivity contribution in [3.63, 3.8) is 0 Å². The zero-order valence-corrected chi connectivity index (χ0v) is 12.4. The molecule has 0 bridgehead atoms. The van der Waals surface area contributed by atoms with Crippen LogP contribution in [0.2, 0.25) is 0 Å². The number of carbonyl (C=O) groups excluding carboxylic acids is 1. The van der Waals surface area contributed by atoms with E-state index >= 15 is 0 Å². The molecule has 102 valence electrons. The van der Waals surface area contributed by atoms with Gasteiger partial charge in [0.05, 0.1) is 0 Å². The van der Waals surface area contributed by atoms with Gasteiger partial charge in [0.1, 0.15) is 0 Å². The van der Waals surface area contributed by atoms with Gasteiger partial charge >= 0.3 is 0 Å². The SMILES string of the molecule is Cc1cc2c(cc1C)N(C)C(=O)c1ccccc1C2C. The zero-order chi connectivity index (χ0) is 14.4. The highest BCUT2D eigenvalue weighted by atomic mass is 16.2. The number of benzene rings is 2. The molecule has 2 aromatic carbocycles. The monoisotopic (exact) mass is 265 g/mol. The van der Waals surface area contributed by atoms with E-state index in [1.165, 1.54) is 16.7 Å². The van der Waals surface area contributed by atoms with Crippen LogP contribution >= 0.6 is 0 Å². The average Bonchev–Trinajstić information content (AvgIpc) is 2.53. The number of nitrogens with zero attached hydrogens (tertiary/aromatic N) is 1. The lowest BCUT2D eigenvalue weighted by atomic mass is 9.88. The highest BCUT2D eigenvalue weighted by Crippen LogP contribution is 2.38. The van der Waals surface area contributed by atoms with E-state index in [2.05, 4.69) is 39.0 Å². The van der Waals surface area contributed by atoms with Crippen molar-refractivity contribution in [3.8, 4) is 0 Å². The van der Waals surface area contributed by atoms with Crippen LogP contribution in [0.1, 0.15) is 45.5 Å². The summed E-state index contributed by atoms with van der Waals surface area (Å²) >= 11 is 0. The van der Waals surface area contributed by atoms with Crippen molar-refractivity contribution < 1.29 is 4.79 Å². The normalized spacial score (nSPS) is 17.5. The summed E-state index contributed by atoms with van der Waals surface area (Å²) in [6, 6.07) is 12.3. The van der Waals surface area contributed by atoms with Crippen LogP contribution in [0.15, 0.2) is 36.4 Å². The molecule has 20 heavy (non-hydrogen) atoms. The Morgan fingerprint density at radius 2 is 1.65 bits per heavy atom. The maximum Gasteiger partial charge on any atom is 0.258 e. The van der Waals surface area contributed by atoms with Crippen LogP contribution in [-0.4, -0.2) is 13.0 Å². The number of fused-ring (bicyclic) bond motifs is 2. The van der Waals surface area contributed by atoms with E-state index in [0.717, 1.165) is 16.8 Å². The van der Waals surface area contributed by atoms with Gasteiger partial charge in [-0.05, 0) is 48.2 Å². The third kappa shape index (κ3) is 1.75. The molecule has 0 saturated carbocycles. The standard InChI is InChI=1S/C18H19NO/c1-11-9-16-13(3)14-7-5-6-8-15(14)18(20)19(4)17(16)10-12(11)2/h5-10,13H,1-4H3. The van der Waals surface area contributed by atoms with E-state index in [4.69, 9.17) is 0 Å². The second-order valence-corrected chi connectivity index (χ2v) is 5.67. The van der Waals surface area contributed by atoms with E-state index in [9.17, 15) is 4.79 Å². The molecule has 0 aliphatic carbocycles. The summed E-state index contributed by atoms with van der Waals surface area (Å²) in [5, 5.41) is 0. The Labute approximate surface area is 120 Å². The number of anilines is 1. The summed E-state index contributed by atoms with van der Waals surface area (Å²) in [5.41, 5.74) is 6.69. The van der Waals surface area contributed by atoms with Crippen molar-refractivity contribution in [2.45, 2.75) is 26.7 Å². The predicted molar refractivity (Wildman–Crippen MR) is 82.6 cm³/mol. The molecule has 1 aliphatic heterocycles. The van der Waals surface area contributed by atoms with Gasteiger partial charge in [-0.3, -0.25) is 4.79 Å². The zero-order valence-electron chi connectivity index (χ0n) is 12.4. The summed E-state index contributed by atoms with van der Waals surface area (Å²) in [5.74, 6) is 0.309. The molecule has 1 aliphatic rings. The highest BCUT2D eigenvalue weighted by molar-refractivity contribution is 6.08. The maximum atomic E-state index is 12.7. The van der Waals surface area contributed by atoms with Crippen LogP contribution in [0, 0.1) is 13.8 Å². The van der Waals surface area contributed by atoms with Crippen LogP contribution in [0.3, 0.4) is 0 Å². The molecule has 1 unspecified atom stereocenters. The molecule has 3 rings (SSSR count). The van der Waals surface area contributed by atoms with Gasteiger partial charge in [-0.15, -0.1) is 0 Å². The third-order valence-corrected chi connectivity index (χ3v) is 4.43. The van der Waals surface area contributed by atoms with Crippen LogP contribution in [0.5, 0.6) is 0 Å². The molecule has 0 fully saturated rings. The fraction of sp³-hybridized carbons (Fsp3) is 0.278. The Morgan fingerprint density at radius 1 is 1.00 bits per heavy atom. The van der Waals surface area contributed by atoms with Gasteiger partial charge in [0.25, 0.3) is 5.91 Å². The highest BCUT2D eigenvalue weighted by Gasteiger charge is 2.28. The number of hydrogen-bond acceptors (Lipinski definition) is 1. The molecule has 1 amide bonds. The summed E-state index contributed by atoms with van der Waals surface area (Å²) in [7, 11) is 1.87. The number of amides is 1. The fourth-order valence-electron chi connectivity index (χ4n) is 2.99. The number of carbonyl (C=O) groups is 1. The summed E-state index contributed by atoms with van der Waals surface area (Å²) in [4.78, 5) is 14.4. The largest absolute Gasteiger partial charge is 0.311 e. The van der Waals surface area contributed by atoms with Gasteiger partial charge in [-0.25, -0.2) is 0 Å². The van der Waals surface area contributed by atoms with Gasteiger partial charge in [0.15, 0.2) is 0 Å². The molecule has 2 nitrogen and oxygen atoms in total. The van der Waals surface area contributed by atoms with Crippen LogP contribution < -0.4 is 4.90 Å². The Kier molecular flexibility index (Phi) is 2.89. The van der Waals surface area contributed by atoms with Gasteiger partial charge in [-0.2, -0.15) is 0 Å². The smallest absolute Gasteiger partial charge is 0.258 e. The van der Waals surface area contributed by atoms with Crippen molar-refractivity contribution in [2.75, 3.05) is 11.9 Å². The maximum absolute atomic E-state index is 12.7. The predicted octanol–water partition coefficient (Wildman–Crippen LogP) is 4.05. The average molecular weight is 265 g/mol. The lowest BCUT2D eigenvalue weighted by Crippen LogP contribution is -2.26. The van der Waals surface area contributed by atoms with Crippen molar-refractivity contribution in [1.82, 2.24) is 0 Å². The molecule has 1 atom stereocenters. The number of aryl methyl sites for hydroxylation is 2. The van der Waals surface area contributed by atoms with E-state index < -0.39 is 0 Å². The first-order chi connectivity index (χ1) is 9.50. The summed E-state index contributed by atoms with van der Waals surface area (Å²) in [6.45, 7) is 6.40. The molecule has 1 heterocycles. The Bertz CT molecular complexity index is 703. The fourth-order valence-corrected chi connectivity index (χ4v) is 2.99. The molecule has 0 aromatic heterocycles.